The van der Waals surface area contributed by atoms with Gasteiger partial charge < -0.3 is 18.9 Å². The van der Waals surface area contributed by atoms with Crippen molar-refractivity contribution in [1.82, 2.24) is 0 Å². The monoisotopic (exact) mass is 254 g/mol. The molecule has 102 valence electrons. The maximum absolute atomic E-state index is 5.44. The second kappa shape index (κ2) is 5.69. The van der Waals surface area contributed by atoms with Crippen molar-refractivity contribution in [1.29, 1.82) is 0 Å². The van der Waals surface area contributed by atoms with Gasteiger partial charge >= 0.3 is 0 Å². The van der Waals surface area contributed by atoms with Crippen molar-refractivity contribution in [3.8, 4) is 5.75 Å². The average molecular weight is 254 g/mol. The lowest BCUT2D eigenvalue weighted by atomic mass is 9.81. The van der Waals surface area contributed by atoms with E-state index < -0.39 is 11.4 Å². The zero-order valence-corrected chi connectivity index (χ0v) is 11.9. The highest BCUT2D eigenvalue weighted by molar-refractivity contribution is 5.32. The van der Waals surface area contributed by atoms with E-state index in [9.17, 15) is 0 Å². The molecule has 0 unspecified atom stereocenters. The van der Waals surface area contributed by atoms with Crippen molar-refractivity contribution < 1.29 is 18.9 Å². The minimum Gasteiger partial charge on any atom is -0.497 e. The molecular weight excluding hydrogens is 232 g/mol. The second-order valence-electron chi connectivity index (χ2n) is 4.52. The largest absolute Gasteiger partial charge is 0.497 e. The van der Waals surface area contributed by atoms with Crippen LogP contribution in [0.25, 0.3) is 0 Å². The lowest BCUT2D eigenvalue weighted by Crippen LogP contribution is -2.52. The smallest absolute Gasteiger partial charge is 0.291 e. The minimum atomic E-state index is -1.12. The van der Waals surface area contributed by atoms with Crippen molar-refractivity contribution in [3.63, 3.8) is 0 Å². The van der Waals surface area contributed by atoms with Gasteiger partial charge in [0.2, 0.25) is 0 Å². The Balaban J connectivity index is 3.17. The first-order valence-electron chi connectivity index (χ1n) is 5.77. The zero-order chi connectivity index (χ0) is 13.8. The van der Waals surface area contributed by atoms with Crippen LogP contribution in [0, 0.1) is 0 Å². The molecule has 1 aromatic carbocycles. The summed E-state index contributed by atoms with van der Waals surface area (Å²) >= 11 is 0. The molecule has 0 atom stereocenters. The van der Waals surface area contributed by atoms with Crippen LogP contribution in [0.4, 0.5) is 0 Å². The highest BCUT2D eigenvalue weighted by Crippen LogP contribution is 2.39. The number of benzene rings is 1. The summed E-state index contributed by atoms with van der Waals surface area (Å²) in [5, 5.41) is 0. The third kappa shape index (κ3) is 2.36. The molecule has 0 spiro atoms. The Morgan fingerprint density at radius 1 is 0.778 bits per heavy atom. The molecule has 0 aliphatic carbocycles. The Morgan fingerprint density at radius 3 is 1.56 bits per heavy atom. The van der Waals surface area contributed by atoms with E-state index in [1.165, 1.54) is 0 Å². The van der Waals surface area contributed by atoms with Crippen LogP contribution < -0.4 is 4.74 Å². The number of methoxy groups -OCH3 is 4. The molecule has 0 fully saturated rings. The molecular formula is C14H22O4. The van der Waals surface area contributed by atoms with Crippen LogP contribution >= 0.6 is 0 Å². The van der Waals surface area contributed by atoms with E-state index in [0.29, 0.717) is 0 Å². The maximum Gasteiger partial charge on any atom is 0.291 e. The van der Waals surface area contributed by atoms with Gasteiger partial charge in [-0.05, 0) is 31.5 Å². The Bertz CT molecular complexity index is 358. The summed E-state index contributed by atoms with van der Waals surface area (Å²) in [5.41, 5.74) is 0.561. The van der Waals surface area contributed by atoms with Gasteiger partial charge in [-0.25, -0.2) is 0 Å². The quantitative estimate of drug-likeness (QED) is 0.731. The van der Waals surface area contributed by atoms with E-state index in [1.54, 1.807) is 28.4 Å². The summed E-state index contributed by atoms with van der Waals surface area (Å²) in [7, 11) is 6.35. The summed E-state index contributed by atoms with van der Waals surface area (Å²) in [5.74, 6) is -0.311. The molecule has 0 aliphatic heterocycles. The molecule has 0 amide bonds. The predicted molar refractivity (Wildman–Crippen MR) is 69.8 cm³/mol. The summed E-state index contributed by atoms with van der Waals surface area (Å²) in [6.45, 7) is 4.01. The van der Waals surface area contributed by atoms with Crippen LogP contribution in [0.5, 0.6) is 5.75 Å². The van der Waals surface area contributed by atoms with Crippen molar-refractivity contribution >= 4 is 0 Å². The van der Waals surface area contributed by atoms with Gasteiger partial charge in [0.15, 0.2) is 0 Å². The molecule has 0 N–H and O–H groups in total. The van der Waals surface area contributed by atoms with Gasteiger partial charge in [-0.3, -0.25) is 0 Å². The van der Waals surface area contributed by atoms with E-state index in [0.717, 1.165) is 11.3 Å². The predicted octanol–water partition coefficient (Wildman–Crippen LogP) is 2.57. The number of ether oxygens (including phenoxy) is 4. The zero-order valence-electron chi connectivity index (χ0n) is 11.9. The van der Waals surface area contributed by atoms with Crippen LogP contribution in [-0.4, -0.2) is 34.4 Å². The first kappa shape index (κ1) is 15.0. The third-order valence-corrected chi connectivity index (χ3v) is 3.38. The van der Waals surface area contributed by atoms with Gasteiger partial charge in [0.1, 0.15) is 5.75 Å². The highest BCUT2D eigenvalue weighted by Gasteiger charge is 2.48. The third-order valence-electron chi connectivity index (χ3n) is 3.38. The molecule has 1 rings (SSSR count). The number of hydrogen-bond acceptors (Lipinski definition) is 4. The standard InChI is InChI=1S/C14H22O4/c1-13(2,14(16-4,17-5)18-6)11-7-9-12(15-3)10-8-11/h7-10H,1-6H3. The molecule has 0 radical (unpaired) electrons. The lowest BCUT2D eigenvalue weighted by molar-refractivity contribution is -0.382. The Morgan fingerprint density at radius 2 is 1.22 bits per heavy atom. The maximum atomic E-state index is 5.44. The molecule has 0 bridgehead atoms. The Kier molecular flexibility index (Phi) is 4.73. The van der Waals surface area contributed by atoms with E-state index in [4.69, 9.17) is 18.9 Å². The van der Waals surface area contributed by atoms with Crippen molar-refractivity contribution in [2.75, 3.05) is 28.4 Å². The van der Waals surface area contributed by atoms with Gasteiger partial charge in [-0.15, -0.1) is 0 Å². The van der Waals surface area contributed by atoms with Gasteiger partial charge in [0.05, 0.1) is 12.5 Å². The van der Waals surface area contributed by atoms with Crippen molar-refractivity contribution in [2.45, 2.75) is 25.2 Å². The normalized spacial score (nSPS) is 12.6. The molecule has 0 saturated heterocycles. The van der Waals surface area contributed by atoms with Crippen LogP contribution in [0.3, 0.4) is 0 Å². The summed E-state index contributed by atoms with van der Waals surface area (Å²) in [6, 6.07) is 7.76. The fourth-order valence-electron chi connectivity index (χ4n) is 2.20. The SMILES string of the molecule is COc1ccc(C(C)(C)C(OC)(OC)OC)cc1. The molecule has 0 saturated carbocycles. The fraction of sp³-hybridized carbons (Fsp3) is 0.571. The minimum absolute atomic E-state index is 0.475. The van der Waals surface area contributed by atoms with Crippen LogP contribution in [-0.2, 0) is 19.6 Å². The van der Waals surface area contributed by atoms with Crippen LogP contribution in [0.15, 0.2) is 24.3 Å². The topological polar surface area (TPSA) is 36.9 Å². The fourth-order valence-corrected chi connectivity index (χ4v) is 2.20. The molecule has 1 aromatic rings. The van der Waals surface area contributed by atoms with Gasteiger partial charge in [-0.2, -0.15) is 0 Å². The molecule has 4 nitrogen and oxygen atoms in total. The molecule has 18 heavy (non-hydrogen) atoms. The molecule has 0 aliphatic rings. The molecule has 0 heterocycles. The van der Waals surface area contributed by atoms with E-state index in [1.807, 2.05) is 38.1 Å². The Labute approximate surface area is 109 Å². The molecule has 4 heteroatoms. The first-order chi connectivity index (χ1) is 8.47. The van der Waals surface area contributed by atoms with E-state index in [2.05, 4.69) is 0 Å². The van der Waals surface area contributed by atoms with Crippen LogP contribution in [0.2, 0.25) is 0 Å². The Hall–Kier alpha value is -1.10. The van der Waals surface area contributed by atoms with Gasteiger partial charge in [0, 0.05) is 21.3 Å². The van der Waals surface area contributed by atoms with Crippen LogP contribution in [0.1, 0.15) is 19.4 Å². The van der Waals surface area contributed by atoms with Gasteiger partial charge in [-0.1, -0.05) is 12.1 Å². The van der Waals surface area contributed by atoms with E-state index >= 15 is 0 Å². The average Bonchev–Trinajstić information content (AvgIpc) is 2.41. The van der Waals surface area contributed by atoms with Crippen molar-refractivity contribution in [2.24, 2.45) is 0 Å². The highest BCUT2D eigenvalue weighted by atomic mass is 16.9. The summed E-state index contributed by atoms with van der Waals surface area (Å²) in [4.78, 5) is 0. The summed E-state index contributed by atoms with van der Waals surface area (Å²) in [6.07, 6.45) is 0. The van der Waals surface area contributed by atoms with E-state index in [-0.39, 0.29) is 0 Å². The van der Waals surface area contributed by atoms with Crippen molar-refractivity contribution in [3.05, 3.63) is 29.8 Å². The molecule has 0 aromatic heterocycles. The lowest BCUT2D eigenvalue weighted by Gasteiger charge is -2.42. The summed E-state index contributed by atoms with van der Waals surface area (Å²) < 4.78 is 21.5. The number of hydrogen-bond donors (Lipinski definition) is 0. The first-order valence-corrected chi connectivity index (χ1v) is 5.77. The second-order valence-corrected chi connectivity index (χ2v) is 4.52. The number of rotatable bonds is 6. The van der Waals surface area contributed by atoms with Gasteiger partial charge in [0.25, 0.3) is 5.97 Å².